The quantitative estimate of drug-likeness (QED) is 0.412. The summed E-state index contributed by atoms with van der Waals surface area (Å²) < 4.78 is 10.7. The lowest BCUT2D eigenvalue weighted by Crippen LogP contribution is -2.74. The van der Waals surface area contributed by atoms with Gasteiger partial charge in [-0.25, -0.2) is 0 Å². The number of carbonyl (C=O) groups excluding carboxylic acids is 5. The van der Waals surface area contributed by atoms with Crippen LogP contribution in [0, 0.1) is 11.3 Å². The van der Waals surface area contributed by atoms with Gasteiger partial charge >= 0.3 is 0 Å². The number of Topliss-reactive ketones (excluding diaryl/α,β-unsaturated/α-hetero) is 4. The molecule has 1 amide bonds. The topological polar surface area (TPSA) is 172 Å². The minimum Gasteiger partial charge on any atom is -0.492 e. The van der Waals surface area contributed by atoms with E-state index in [-0.39, 0.29) is 76.9 Å². The highest BCUT2D eigenvalue weighted by Crippen LogP contribution is 2.48. The van der Waals surface area contributed by atoms with Gasteiger partial charge in [-0.05, 0) is 33.7 Å². The highest BCUT2D eigenvalue weighted by molar-refractivity contribution is 6.26. The van der Waals surface area contributed by atoms with Gasteiger partial charge in [0.2, 0.25) is 17.5 Å². The maximum absolute atomic E-state index is 13.8. The van der Waals surface area contributed by atoms with Crippen LogP contribution in [0.4, 0.5) is 0 Å². The van der Waals surface area contributed by atoms with Crippen molar-refractivity contribution in [3.05, 3.63) is 45.0 Å². The van der Waals surface area contributed by atoms with E-state index < -0.39 is 47.7 Å². The van der Waals surface area contributed by atoms with E-state index in [4.69, 9.17) is 15.2 Å². The largest absolute Gasteiger partial charge is 0.492 e. The van der Waals surface area contributed by atoms with Gasteiger partial charge in [0.15, 0.2) is 23.1 Å². The number of amides is 1. The highest BCUT2D eigenvalue weighted by atomic mass is 16.5. The van der Waals surface area contributed by atoms with E-state index in [0.29, 0.717) is 5.57 Å². The fourth-order valence-corrected chi connectivity index (χ4v) is 7.10. The first-order chi connectivity index (χ1) is 19.0. The number of hydrogen-bond donors (Lipinski definition) is 2. The summed E-state index contributed by atoms with van der Waals surface area (Å²) in [7, 11) is 4.45. The Kier molecular flexibility index (Phi) is 6.86. The first-order valence-corrected chi connectivity index (χ1v) is 13.0. The number of nitrogens with two attached hydrogens (primary N) is 1. The number of hydrogen-bond acceptors (Lipinski definition) is 11. The lowest BCUT2D eigenvalue weighted by Gasteiger charge is -2.60. The van der Waals surface area contributed by atoms with Gasteiger partial charge in [-0.3, -0.25) is 33.8 Å². The maximum Gasteiger partial charge on any atom is 0.233 e. The van der Waals surface area contributed by atoms with Crippen LogP contribution in [-0.2, 0) is 33.4 Å². The molecule has 0 saturated carbocycles. The van der Waals surface area contributed by atoms with Crippen molar-refractivity contribution in [2.75, 3.05) is 34.4 Å². The van der Waals surface area contributed by atoms with Gasteiger partial charge < -0.3 is 20.5 Å². The van der Waals surface area contributed by atoms with Gasteiger partial charge in [0, 0.05) is 52.1 Å². The number of rotatable bonds is 5. The molecule has 0 spiro atoms. The van der Waals surface area contributed by atoms with Crippen LogP contribution in [0.25, 0.3) is 0 Å². The molecule has 3 heterocycles. The monoisotopic (exact) mass is 549 g/mol. The molecule has 210 valence electrons. The summed E-state index contributed by atoms with van der Waals surface area (Å²) in [6.07, 6.45) is 0.199. The van der Waals surface area contributed by atoms with Crippen LogP contribution in [0.2, 0.25) is 0 Å². The molecule has 12 nitrogen and oxygen atoms in total. The van der Waals surface area contributed by atoms with Crippen molar-refractivity contribution in [3.63, 3.8) is 0 Å². The van der Waals surface area contributed by atoms with Crippen molar-refractivity contribution in [2.24, 2.45) is 5.73 Å². The molecule has 0 aromatic carbocycles. The Labute approximate surface area is 231 Å². The third-order valence-electron chi connectivity index (χ3n) is 8.89. The van der Waals surface area contributed by atoms with Gasteiger partial charge in [-0.15, -0.1) is 0 Å². The Hall–Kier alpha value is -3.92. The van der Waals surface area contributed by atoms with Crippen LogP contribution in [-0.4, -0.2) is 103 Å². The highest BCUT2D eigenvalue weighted by Gasteiger charge is 2.59. The minimum atomic E-state index is -0.877. The van der Waals surface area contributed by atoms with Crippen LogP contribution in [0.3, 0.4) is 0 Å². The molecule has 0 unspecified atom stereocenters. The van der Waals surface area contributed by atoms with E-state index in [1.165, 1.54) is 21.1 Å². The van der Waals surface area contributed by atoms with Crippen LogP contribution in [0.15, 0.2) is 45.0 Å². The van der Waals surface area contributed by atoms with Crippen molar-refractivity contribution >= 4 is 29.0 Å². The number of methoxy groups -OCH3 is 2. The summed E-state index contributed by atoms with van der Waals surface area (Å²) in [6.45, 7) is 2.69. The molecule has 2 bridgehead atoms. The molecule has 3 N–H and O–H groups in total. The summed E-state index contributed by atoms with van der Waals surface area (Å²) in [4.78, 5) is 70.5. The third-order valence-corrected chi connectivity index (χ3v) is 8.89. The van der Waals surface area contributed by atoms with Crippen LogP contribution < -0.4 is 11.1 Å². The molecule has 5 rings (SSSR count). The lowest BCUT2D eigenvalue weighted by atomic mass is 9.67. The fourth-order valence-electron chi connectivity index (χ4n) is 7.10. The second kappa shape index (κ2) is 9.92. The maximum atomic E-state index is 13.8. The van der Waals surface area contributed by atoms with E-state index in [1.807, 2.05) is 9.80 Å². The SMILES string of the molecule is COC1=C(C)C(=O)C2=C(C1=O)[C@@H]1[C@@H]3CC4=C(C(=O)C(OC)=C(C)C4=O)[C@H](CNC(=O)CN)N3[C@@H](C#N)[C@H](C2)N1C. The number of fused-ring (bicyclic) bond motifs is 5. The summed E-state index contributed by atoms with van der Waals surface area (Å²) in [6, 6.07) is -1.16. The van der Waals surface area contributed by atoms with E-state index in [9.17, 15) is 29.2 Å². The predicted octanol–water partition coefficient (Wildman–Crippen LogP) is -0.780. The Balaban J connectivity index is 1.72. The number of carbonyl (C=O) groups is 5. The first kappa shape index (κ1) is 27.6. The average Bonchev–Trinajstić information content (AvgIpc) is 2.93. The van der Waals surface area contributed by atoms with E-state index in [1.54, 1.807) is 14.0 Å². The Morgan fingerprint density at radius 1 is 0.950 bits per heavy atom. The summed E-state index contributed by atoms with van der Waals surface area (Å²) in [5.74, 6) is -2.13. The standard InChI is InChI=1S/C28H31N5O7/c1-11-23(35)13-7-16-22-21-14(24(36)12(2)28(40-5)26(21)38)6-15(32(22)3)17(8-29)33(16)18(10-31-19(34)9-30)20(13)25(37)27(11)39-4/h15-18,22H,6-7,9-10,30H2,1-5H3,(H,31,34)/t15-,16-,17-,18-,22-/m0/s1. The average molecular weight is 550 g/mol. The number of nitrogens with zero attached hydrogens (tertiary/aromatic N) is 3. The zero-order valence-corrected chi connectivity index (χ0v) is 23.0. The van der Waals surface area contributed by atoms with Gasteiger partial charge in [0.25, 0.3) is 0 Å². The smallest absolute Gasteiger partial charge is 0.233 e. The number of ketones is 4. The fraction of sp³-hybridized carbons (Fsp3) is 0.500. The molecule has 1 saturated heterocycles. The van der Waals surface area contributed by atoms with E-state index in [2.05, 4.69) is 11.4 Å². The third kappa shape index (κ3) is 3.65. The number of allylic oxidation sites excluding steroid dienone is 4. The Morgan fingerprint density at radius 3 is 2.00 bits per heavy atom. The van der Waals surface area contributed by atoms with E-state index in [0.717, 1.165) is 0 Å². The van der Waals surface area contributed by atoms with Crippen LogP contribution in [0.5, 0.6) is 0 Å². The van der Waals surface area contributed by atoms with Crippen molar-refractivity contribution in [2.45, 2.75) is 56.9 Å². The molecule has 5 atom stereocenters. The number of likely N-dealkylation sites (N-methyl/N-ethyl adjacent to an activating group) is 1. The normalized spacial score (nSPS) is 30.7. The molecule has 1 fully saturated rings. The molecule has 0 aromatic rings. The molecule has 12 heteroatoms. The minimum absolute atomic E-state index is 0.0283. The zero-order chi connectivity index (χ0) is 29.2. The molecular weight excluding hydrogens is 518 g/mol. The zero-order valence-electron chi connectivity index (χ0n) is 23.0. The molecule has 0 radical (unpaired) electrons. The first-order valence-electron chi connectivity index (χ1n) is 13.0. The van der Waals surface area contributed by atoms with Crippen LogP contribution >= 0.6 is 0 Å². The van der Waals surface area contributed by atoms with Gasteiger partial charge in [-0.1, -0.05) is 0 Å². The van der Waals surface area contributed by atoms with Crippen LogP contribution in [0.1, 0.15) is 26.7 Å². The van der Waals surface area contributed by atoms with Gasteiger partial charge in [0.1, 0.15) is 6.04 Å². The second-order valence-corrected chi connectivity index (χ2v) is 10.6. The van der Waals surface area contributed by atoms with E-state index >= 15 is 0 Å². The second-order valence-electron chi connectivity index (χ2n) is 10.6. The molecule has 2 aliphatic carbocycles. The number of nitriles is 1. The molecule has 3 aliphatic heterocycles. The van der Waals surface area contributed by atoms with Crippen molar-refractivity contribution in [1.82, 2.24) is 15.1 Å². The van der Waals surface area contributed by atoms with Gasteiger partial charge in [0.05, 0.1) is 38.9 Å². The molecule has 40 heavy (non-hydrogen) atoms. The summed E-state index contributed by atoms with van der Waals surface area (Å²) in [5, 5.41) is 13.2. The number of piperazine rings is 1. The molecular formula is C28H31N5O7. The molecule has 0 aromatic heterocycles. The number of ether oxygens (including phenoxy) is 2. The van der Waals surface area contributed by atoms with Crippen molar-refractivity contribution in [1.29, 1.82) is 5.26 Å². The summed E-state index contributed by atoms with van der Waals surface area (Å²) >= 11 is 0. The van der Waals surface area contributed by atoms with Gasteiger partial charge in [-0.2, -0.15) is 5.26 Å². The lowest BCUT2D eigenvalue weighted by molar-refractivity contribution is -0.126. The molecule has 5 aliphatic rings. The van der Waals surface area contributed by atoms with Crippen molar-refractivity contribution in [3.8, 4) is 6.07 Å². The predicted molar refractivity (Wildman–Crippen MR) is 139 cm³/mol. The number of nitrogens with one attached hydrogen (secondary N) is 1. The Morgan fingerprint density at radius 2 is 1.48 bits per heavy atom. The van der Waals surface area contributed by atoms with Crippen molar-refractivity contribution < 1.29 is 33.4 Å². The Bertz CT molecular complexity index is 1440. The summed E-state index contributed by atoms with van der Waals surface area (Å²) in [5.41, 5.74) is 6.95.